The summed E-state index contributed by atoms with van der Waals surface area (Å²) < 4.78 is 5.70. The molecule has 0 atom stereocenters. The SMILES string of the molecule is CCCCOCCNC(=NCC(C)(C)SC)NCC. The van der Waals surface area contributed by atoms with E-state index >= 15 is 0 Å². The number of ether oxygens (including phenoxy) is 1. The molecule has 0 spiro atoms. The highest BCUT2D eigenvalue weighted by molar-refractivity contribution is 7.99. The fraction of sp³-hybridized carbons (Fsp3) is 0.929. The van der Waals surface area contributed by atoms with Crippen LogP contribution in [-0.4, -0.2) is 49.8 Å². The number of rotatable bonds is 10. The van der Waals surface area contributed by atoms with E-state index in [1.54, 1.807) is 0 Å². The number of thioether (sulfide) groups is 1. The van der Waals surface area contributed by atoms with E-state index in [-0.39, 0.29) is 4.75 Å². The Morgan fingerprint density at radius 1 is 1.21 bits per heavy atom. The molecule has 4 nitrogen and oxygen atoms in total. The van der Waals surface area contributed by atoms with Crippen LogP contribution in [0, 0.1) is 0 Å². The van der Waals surface area contributed by atoms with Gasteiger partial charge in [0, 0.05) is 24.4 Å². The second kappa shape index (κ2) is 11.4. The molecule has 0 aliphatic heterocycles. The van der Waals surface area contributed by atoms with Gasteiger partial charge in [-0.15, -0.1) is 0 Å². The lowest BCUT2D eigenvalue weighted by Crippen LogP contribution is -2.40. The van der Waals surface area contributed by atoms with Gasteiger partial charge in [0.1, 0.15) is 0 Å². The molecule has 0 aliphatic carbocycles. The van der Waals surface area contributed by atoms with Crippen LogP contribution < -0.4 is 10.6 Å². The Kier molecular flexibility index (Phi) is 11.2. The van der Waals surface area contributed by atoms with Gasteiger partial charge in [0.15, 0.2) is 5.96 Å². The maximum atomic E-state index is 5.52. The second-order valence-electron chi connectivity index (χ2n) is 5.05. The van der Waals surface area contributed by atoms with Crippen LogP contribution in [0.1, 0.15) is 40.5 Å². The maximum Gasteiger partial charge on any atom is 0.191 e. The Morgan fingerprint density at radius 2 is 1.95 bits per heavy atom. The topological polar surface area (TPSA) is 45.6 Å². The van der Waals surface area contributed by atoms with Crippen molar-refractivity contribution in [2.75, 3.05) is 39.1 Å². The Morgan fingerprint density at radius 3 is 2.53 bits per heavy atom. The minimum Gasteiger partial charge on any atom is -0.380 e. The zero-order chi connectivity index (χ0) is 14.6. The van der Waals surface area contributed by atoms with Gasteiger partial charge in [0.25, 0.3) is 0 Å². The first kappa shape index (κ1) is 18.6. The van der Waals surface area contributed by atoms with E-state index in [1.165, 1.54) is 6.42 Å². The van der Waals surface area contributed by atoms with E-state index in [1.807, 2.05) is 11.8 Å². The van der Waals surface area contributed by atoms with E-state index in [0.29, 0.717) is 0 Å². The number of hydrogen-bond donors (Lipinski definition) is 2. The van der Waals surface area contributed by atoms with Gasteiger partial charge in [-0.05, 0) is 33.4 Å². The molecule has 0 amide bonds. The highest BCUT2D eigenvalue weighted by Crippen LogP contribution is 2.20. The molecular weight excluding hydrogens is 258 g/mol. The van der Waals surface area contributed by atoms with Gasteiger partial charge in [0.2, 0.25) is 0 Å². The number of unbranched alkanes of at least 4 members (excludes halogenated alkanes) is 1. The van der Waals surface area contributed by atoms with Crippen LogP contribution in [0.15, 0.2) is 4.99 Å². The smallest absolute Gasteiger partial charge is 0.191 e. The first-order valence-corrected chi connectivity index (χ1v) is 8.43. The fourth-order valence-electron chi connectivity index (χ4n) is 1.27. The zero-order valence-corrected chi connectivity index (χ0v) is 14.0. The summed E-state index contributed by atoms with van der Waals surface area (Å²) in [6.07, 6.45) is 4.44. The molecule has 0 saturated heterocycles. The molecular formula is C14H31N3OS. The molecule has 0 unspecified atom stereocenters. The van der Waals surface area contributed by atoms with Gasteiger partial charge in [-0.1, -0.05) is 13.3 Å². The average Bonchev–Trinajstić information content (AvgIpc) is 2.40. The molecule has 0 heterocycles. The number of guanidine groups is 1. The molecule has 0 aromatic carbocycles. The minimum absolute atomic E-state index is 0.181. The molecule has 0 radical (unpaired) electrons. The first-order chi connectivity index (χ1) is 9.05. The standard InChI is InChI=1S/C14H31N3OS/c1-6-8-10-18-11-9-16-13(15-7-2)17-12-14(3,4)19-5/h6-12H2,1-5H3,(H2,15,16,17). The molecule has 0 aromatic heterocycles. The van der Waals surface area contributed by atoms with Crippen molar-refractivity contribution in [1.82, 2.24) is 10.6 Å². The van der Waals surface area contributed by atoms with E-state index in [4.69, 9.17) is 4.74 Å². The summed E-state index contributed by atoms with van der Waals surface area (Å²) in [6, 6.07) is 0. The first-order valence-electron chi connectivity index (χ1n) is 7.20. The lowest BCUT2D eigenvalue weighted by molar-refractivity contribution is 0.136. The van der Waals surface area contributed by atoms with E-state index in [9.17, 15) is 0 Å². The highest BCUT2D eigenvalue weighted by Gasteiger charge is 2.15. The van der Waals surface area contributed by atoms with Crippen molar-refractivity contribution in [3.63, 3.8) is 0 Å². The summed E-state index contributed by atoms with van der Waals surface area (Å²) in [7, 11) is 0. The highest BCUT2D eigenvalue weighted by atomic mass is 32.2. The molecule has 19 heavy (non-hydrogen) atoms. The van der Waals surface area contributed by atoms with Gasteiger partial charge in [-0.25, -0.2) is 0 Å². The van der Waals surface area contributed by atoms with Crippen LogP contribution in [0.3, 0.4) is 0 Å². The number of hydrogen-bond acceptors (Lipinski definition) is 3. The van der Waals surface area contributed by atoms with E-state index < -0.39 is 0 Å². The third-order valence-corrected chi connectivity index (χ3v) is 3.93. The summed E-state index contributed by atoms with van der Waals surface area (Å²) in [5, 5.41) is 6.55. The third kappa shape index (κ3) is 11.1. The molecule has 5 heteroatoms. The molecule has 0 rings (SSSR count). The molecule has 0 bridgehead atoms. The summed E-state index contributed by atoms with van der Waals surface area (Å²) in [4.78, 5) is 4.61. The minimum atomic E-state index is 0.181. The van der Waals surface area contributed by atoms with Gasteiger partial charge < -0.3 is 15.4 Å². The van der Waals surface area contributed by atoms with Crippen molar-refractivity contribution >= 4 is 17.7 Å². The molecule has 0 fully saturated rings. The van der Waals surface area contributed by atoms with Gasteiger partial charge >= 0.3 is 0 Å². The van der Waals surface area contributed by atoms with Crippen molar-refractivity contribution in [1.29, 1.82) is 0 Å². The van der Waals surface area contributed by atoms with Gasteiger partial charge in [0.05, 0.1) is 13.2 Å². The predicted molar refractivity (Wildman–Crippen MR) is 87.3 cm³/mol. The maximum absolute atomic E-state index is 5.52. The summed E-state index contributed by atoms with van der Waals surface area (Å²) in [5.74, 6) is 0.878. The predicted octanol–water partition coefficient (Wildman–Crippen LogP) is 2.50. The van der Waals surface area contributed by atoms with Crippen molar-refractivity contribution < 1.29 is 4.74 Å². The van der Waals surface area contributed by atoms with Crippen LogP contribution >= 0.6 is 11.8 Å². The van der Waals surface area contributed by atoms with Crippen molar-refractivity contribution in [3.05, 3.63) is 0 Å². The lowest BCUT2D eigenvalue weighted by Gasteiger charge is -2.20. The van der Waals surface area contributed by atoms with Crippen molar-refractivity contribution in [2.45, 2.75) is 45.3 Å². The molecule has 0 saturated carbocycles. The monoisotopic (exact) mass is 289 g/mol. The Bertz CT molecular complexity index is 245. The second-order valence-corrected chi connectivity index (χ2v) is 6.57. The summed E-state index contributed by atoms with van der Waals surface area (Å²) >= 11 is 1.84. The summed E-state index contributed by atoms with van der Waals surface area (Å²) in [5.41, 5.74) is 0. The number of nitrogens with one attached hydrogen (secondary N) is 2. The van der Waals surface area contributed by atoms with E-state index in [2.05, 4.69) is 49.6 Å². The Labute approximate surface area is 123 Å². The largest absolute Gasteiger partial charge is 0.380 e. The normalized spacial score (nSPS) is 12.6. The Hall–Kier alpha value is -0.420. The van der Waals surface area contributed by atoms with E-state index in [0.717, 1.165) is 45.2 Å². The lowest BCUT2D eigenvalue weighted by atomic mass is 10.2. The molecule has 114 valence electrons. The van der Waals surface area contributed by atoms with Crippen LogP contribution in [0.4, 0.5) is 0 Å². The molecule has 2 N–H and O–H groups in total. The fourth-order valence-corrected chi connectivity index (χ4v) is 1.46. The number of aliphatic imine (C=N–C) groups is 1. The van der Waals surface area contributed by atoms with Crippen molar-refractivity contribution in [2.24, 2.45) is 4.99 Å². The zero-order valence-electron chi connectivity index (χ0n) is 13.2. The third-order valence-electron chi connectivity index (χ3n) is 2.70. The quantitative estimate of drug-likeness (QED) is 0.368. The summed E-state index contributed by atoms with van der Waals surface area (Å²) in [6.45, 7) is 12.7. The van der Waals surface area contributed by atoms with Gasteiger partial charge in [-0.3, -0.25) is 4.99 Å². The van der Waals surface area contributed by atoms with Crippen LogP contribution in [0.2, 0.25) is 0 Å². The van der Waals surface area contributed by atoms with Crippen molar-refractivity contribution in [3.8, 4) is 0 Å². The van der Waals surface area contributed by atoms with Crippen LogP contribution in [0.25, 0.3) is 0 Å². The van der Waals surface area contributed by atoms with Gasteiger partial charge in [-0.2, -0.15) is 11.8 Å². The van der Waals surface area contributed by atoms with Crippen LogP contribution in [-0.2, 0) is 4.74 Å². The molecule has 0 aromatic rings. The van der Waals surface area contributed by atoms with Crippen LogP contribution in [0.5, 0.6) is 0 Å². The molecule has 0 aliphatic rings. The Balaban J connectivity index is 3.94. The average molecular weight is 289 g/mol. The number of nitrogens with zero attached hydrogens (tertiary/aromatic N) is 1.